The van der Waals surface area contributed by atoms with Crippen molar-refractivity contribution in [2.24, 2.45) is 0 Å². The molecule has 1 fully saturated rings. The van der Waals surface area contributed by atoms with Crippen LogP contribution in [0.4, 0.5) is 0 Å². The molecule has 4 rings (SSSR count). The zero-order valence-electron chi connectivity index (χ0n) is 15.0. The van der Waals surface area contributed by atoms with Crippen LogP contribution in [0.25, 0.3) is 11.3 Å². The van der Waals surface area contributed by atoms with E-state index in [1.165, 1.54) is 6.07 Å². The van der Waals surface area contributed by atoms with E-state index in [1.807, 2.05) is 42.2 Å². The largest absolute Gasteiger partial charge is 0.356 e. The van der Waals surface area contributed by atoms with Crippen LogP contribution in [0.5, 0.6) is 0 Å². The fourth-order valence-electron chi connectivity index (χ4n) is 3.53. The second kappa shape index (κ2) is 7.19. The van der Waals surface area contributed by atoms with E-state index in [1.54, 1.807) is 6.07 Å². The van der Waals surface area contributed by atoms with Crippen LogP contribution in [0.15, 0.2) is 51.8 Å². The van der Waals surface area contributed by atoms with Crippen LogP contribution in [0.1, 0.15) is 40.5 Å². The van der Waals surface area contributed by atoms with Crippen molar-refractivity contribution in [2.75, 3.05) is 13.1 Å². The highest BCUT2D eigenvalue weighted by atomic mass is 16.5. The van der Waals surface area contributed by atoms with Gasteiger partial charge in [-0.3, -0.25) is 9.59 Å². The number of H-pyrrole nitrogens is 1. The van der Waals surface area contributed by atoms with Gasteiger partial charge in [-0.25, -0.2) is 5.10 Å². The first kappa shape index (κ1) is 17.2. The summed E-state index contributed by atoms with van der Waals surface area (Å²) >= 11 is 0. The van der Waals surface area contributed by atoms with E-state index in [9.17, 15) is 9.59 Å². The minimum Gasteiger partial charge on any atom is -0.356 e. The molecule has 0 radical (unpaired) electrons. The summed E-state index contributed by atoms with van der Waals surface area (Å²) in [5.41, 5.74) is 2.64. The molecule has 0 bridgehead atoms. The van der Waals surface area contributed by atoms with Gasteiger partial charge in [0.2, 0.25) is 0 Å². The normalized spacial score (nSPS) is 15.1. The van der Waals surface area contributed by atoms with Crippen molar-refractivity contribution in [1.82, 2.24) is 20.3 Å². The third-order valence-electron chi connectivity index (χ3n) is 4.92. The van der Waals surface area contributed by atoms with Crippen LogP contribution < -0.4 is 5.56 Å². The number of nitrogens with zero attached hydrogens (tertiary/aromatic N) is 3. The van der Waals surface area contributed by atoms with E-state index < -0.39 is 0 Å². The summed E-state index contributed by atoms with van der Waals surface area (Å²) in [4.78, 5) is 26.3. The number of hydrogen-bond donors (Lipinski definition) is 1. The predicted octanol–water partition coefficient (Wildman–Crippen LogP) is 2.75. The average Bonchev–Trinajstić information content (AvgIpc) is 3.14. The SMILES string of the molecule is Cc1cc(-c2cc(=O)[nH]nc2C2CCN(C(=O)c3ccccc3)CC2)on1. The van der Waals surface area contributed by atoms with Gasteiger partial charge in [0.05, 0.1) is 11.4 Å². The maximum Gasteiger partial charge on any atom is 0.264 e. The molecule has 2 aromatic heterocycles. The average molecular weight is 364 g/mol. The van der Waals surface area contributed by atoms with Crippen molar-refractivity contribution in [3.05, 3.63) is 69.8 Å². The molecule has 138 valence electrons. The molecule has 1 aliphatic heterocycles. The Labute approximate surface area is 156 Å². The number of hydrogen-bond acceptors (Lipinski definition) is 5. The van der Waals surface area contributed by atoms with Crippen molar-refractivity contribution in [3.63, 3.8) is 0 Å². The molecule has 1 aliphatic rings. The Bertz CT molecular complexity index is 1000. The standard InChI is InChI=1S/C20H20N4O3/c1-13-11-17(27-23-13)16-12-18(25)21-22-19(16)14-7-9-24(10-8-14)20(26)15-5-3-2-4-6-15/h2-6,11-12,14H,7-10H2,1H3,(H,21,25). The van der Waals surface area contributed by atoms with Gasteiger partial charge in [0.1, 0.15) is 0 Å². The first-order valence-corrected chi connectivity index (χ1v) is 8.99. The van der Waals surface area contributed by atoms with Gasteiger partial charge in [0, 0.05) is 42.3 Å². The molecular weight excluding hydrogens is 344 g/mol. The minimum absolute atomic E-state index is 0.0505. The number of benzene rings is 1. The molecule has 3 aromatic rings. The third kappa shape index (κ3) is 3.53. The Balaban J connectivity index is 1.53. The molecular formula is C20H20N4O3. The molecule has 3 heterocycles. The maximum atomic E-state index is 12.6. The Hall–Kier alpha value is -3.22. The van der Waals surface area contributed by atoms with Crippen LogP contribution in [-0.4, -0.2) is 39.3 Å². The molecule has 7 heteroatoms. The quantitative estimate of drug-likeness (QED) is 0.771. The van der Waals surface area contributed by atoms with Crippen molar-refractivity contribution in [2.45, 2.75) is 25.7 Å². The maximum absolute atomic E-state index is 12.6. The summed E-state index contributed by atoms with van der Waals surface area (Å²) in [5.74, 6) is 0.737. The molecule has 1 aromatic carbocycles. The molecule has 1 saturated heterocycles. The number of aromatic nitrogens is 3. The van der Waals surface area contributed by atoms with Crippen LogP contribution >= 0.6 is 0 Å². The third-order valence-corrected chi connectivity index (χ3v) is 4.92. The number of carbonyl (C=O) groups excluding carboxylic acids is 1. The Morgan fingerprint density at radius 3 is 2.59 bits per heavy atom. The predicted molar refractivity (Wildman–Crippen MR) is 99.4 cm³/mol. The lowest BCUT2D eigenvalue weighted by molar-refractivity contribution is 0.0712. The van der Waals surface area contributed by atoms with E-state index in [4.69, 9.17) is 4.52 Å². The first-order chi connectivity index (χ1) is 13.1. The second-order valence-electron chi connectivity index (χ2n) is 6.80. The van der Waals surface area contributed by atoms with Gasteiger partial charge in [-0.05, 0) is 31.9 Å². The van der Waals surface area contributed by atoms with Gasteiger partial charge < -0.3 is 9.42 Å². The van der Waals surface area contributed by atoms with Crippen molar-refractivity contribution in [3.8, 4) is 11.3 Å². The number of carbonyl (C=O) groups is 1. The molecule has 0 aliphatic carbocycles. The molecule has 27 heavy (non-hydrogen) atoms. The summed E-state index contributed by atoms with van der Waals surface area (Å²) in [6.07, 6.45) is 1.55. The lowest BCUT2D eigenvalue weighted by atomic mass is 9.90. The molecule has 0 spiro atoms. The number of likely N-dealkylation sites (tertiary alicyclic amines) is 1. The molecule has 1 N–H and O–H groups in total. The Morgan fingerprint density at radius 1 is 1.19 bits per heavy atom. The highest BCUT2D eigenvalue weighted by Crippen LogP contribution is 2.33. The smallest absolute Gasteiger partial charge is 0.264 e. The van der Waals surface area contributed by atoms with Crippen LogP contribution in [0, 0.1) is 6.92 Å². The summed E-state index contributed by atoms with van der Waals surface area (Å²) in [6, 6.07) is 12.6. The topological polar surface area (TPSA) is 92.1 Å². The van der Waals surface area contributed by atoms with Gasteiger partial charge in [-0.1, -0.05) is 23.4 Å². The highest BCUT2D eigenvalue weighted by molar-refractivity contribution is 5.94. The van der Waals surface area contributed by atoms with Crippen molar-refractivity contribution < 1.29 is 9.32 Å². The zero-order chi connectivity index (χ0) is 18.8. The lowest BCUT2D eigenvalue weighted by Crippen LogP contribution is -2.38. The Morgan fingerprint density at radius 2 is 1.93 bits per heavy atom. The molecule has 1 amide bonds. The van der Waals surface area contributed by atoms with E-state index in [0.717, 1.165) is 24.2 Å². The summed E-state index contributed by atoms with van der Waals surface area (Å²) in [6.45, 7) is 3.13. The van der Waals surface area contributed by atoms with Crippen LogP contribution in [-0.2, 0) is 0 Å². The van der Waals surface area contributed by atoms with Gasteiger partial charge in [-0.2, -0.15) is 5.10 Å². The first-order valence-electron chi connectivity index (χ1n) is 8.99. The van der Waals surface area contributed by atoms with Crippen LogP contribution in [0.2, 0.25) is 0 Å². The number of amides is 1. The van der Waals surface area contributed by atoms with E-state index in [0.29, 0.717) is 30.0 Å². The number of aromatic amines is 1. The van der Waals surface area contributed by atoms with Gasteiger partial charge in [-0.15, -0.1) is 0 Å². The zero-order valence-corrected chi connectivity index (χ0v) is 15.0. The molecule has 0 atom stereocenters. The number of rotatable bonds is 3. The molecule has 0 unspecified atom stereocenters. The second-order valence-corrected chi connectivity index (χ2v) is 6.80. The highest BCUT2D eigenvalue weighted by Gasteiger charge is 2.28. The lowest BCUT2D eigenvalue weighted by Gasteiger charge is -2.32. The summed E-state index contributed by atoms with van der Waals surface area (Å²) in [7, 11) is 0. The van der Waals surface area contributed by atoms with Crippen molar-refractivity contribution >= 4 is 5.91 Å². The Kier molecular flexibility index (Phi) is 4.58. The van der Waals surface area contributed by atoms with Crippen molar-refractivity contribution in [1.29, 1.82) is 0 Å². The minimum atomic E-state index is -0.278. The van der Waals surface area contributed by atoms with E-state index in [-0.39, 0.29) is 17.4 Å². The van der Waals surface area contributed by atoms with Gasteiger partial charge >= 0.3 is 0 Å². The monoisotopic (exact) mass is 364 g/mol. The summed E-state index contributed by atoms with van der Waals surface area (Å²) < 4.78 is 5.35. The van der Waals surface area contributed by atoms with E-state index >= 15 is 0 Å². The van der Waals surface area contributed by atoms with Crippen LogP contribution in [0.3, 0.4) is 0 Å². The summed E-state index contributed by atoms with van der Waals surface area (Å²) in [5, 5.41) is 10.7. The van der Waals surface area contributed by atoms with E-state index in [2.05, 4.69) is 15.4 Å². The molecule has 0 saturated carbocycles. The fraction of sp³-hybridized carbons (Fsp3) is 0.300. The van der Waals surface area contributed by atoms with Gasteiger partial charge in [0.25, 0.3) is 11.5 Å². The van der Waals surface area contributed by atoms with Gasteiger partial charge in [0.15, 0.2) is 5.76 Å². The molecule has 7 nitrogen and oxygen atoms in total. The number of nitrogens with one attached hydrogen (secondary N) is 1. The number of aryl methyl sites for hydroxylation is 1. The number of piperidine rings is 1. The fourth-order valence-corrected chi connectivity index (χ4v) is 3.53.